The zero-order chi connectivity index (χ0) is 24.6. The Balaban J connectivity index is 4.88. The van der Waals surface area contributed by atoms with E-state index in [1.54, 1.807) is 20.8 Å². The van der Waals surface area contributed by atoms with Crippen LogP contribution in [0.4, 0.5) is 0 Å². The van der Waals surface area contributed by atoms with Crippen molar-refractivity contribution in [2.45, 2.75) is 98.3 Å². The van der Waals surface area contributed by atoms with Gasteiger partial charge in [-0.3, -0.25) is 14.4 Å². The van der Waals surface area contributed by atoms with Crippen LogP contribution >= 0.6 is 0 Å². The minimum absolute atomic E-state index is 0.228. The van der Waals surface area contributed by atoms with Gasteiger partial charge < -0.3 is 19.8 Å². The molecule has 3 unspecified atom stereocenters. The average molecular weight is 459 g/mol. The first kappa shape index (κ1) is 30.4. The summed E-state index contributed by atoms with van der Waals surface area (Å²) in [5, 5.41) is 28.3. The lowest BCUT2D eigenvalue weighted by Gasteiger charge is -2.42. The maximum Gasteiger partial charge on any atom is 0.311 e. The summed E-state index contributed by atoms with van der Waals surface area (Å²) in [6, 6.07) is 0. The highest BCUT2D eigenvalue weighted by Crippen LogP contribution is 2.22. The fourth-order valence-electron chi connectivity index (χ4n) is 4.59. The van der Waals surface area contributed by atoms with Crippen LogP contribution < -0.4 is 0 Å². The molecule has 0 aliphatic carbocycles. The van der Waals surface area contributed by atoms with Crippen molar-refractivity contribution < 1.29 is 34.2 Å². The Morgan fingerprint density at radius 3 is 1.12 bits per heavy atom. The molecular weight excluding hydrogens is 410 g/mol. The zero-order valence-electron chi connectivity index (χ0n) is 20.9. The molecule has 7 heteroatoms. The number of hydrogen-bond acceptors (Lipinski definition) is 3. The Labute approximate surface area is 194 Å². The molecule has 0 spiro atoms. The van der Waals surface area contributed by atoms with Crippen LogP contribution in [0.3, 0.4) is 0 Å². The van der Waals surface area contributed by atoms with Crippen molar-refractivity contribution in [1.29, 1.82) is 0 Å². The summed E-state index contributed by atoms with van der Waals surface area (Å²) in [5.74, 6) is -4.79. The normalized spacial score (nSPS) is 16.1. The van der Waals surface area contributed by atoms with Crippen LogP contribution in [0, 0.1) is 17.8 Å². The summed E-state index contributed by atoms with van der Waals surface area (Å²) < 4.78 is 0.228. The number of carboxylic acids is 3. The SMILES string of the molecule is CCCCCCCCCCCCC[N+](CC(C)C(=O)O)(CC(C)C(=O)O)CC(C)C(=O)O. The van der Waals surface area contributed by atoms with Gasteiger partial charge >= 0.3 is 17.9 Å². The Bertz CT molecular complexity index is 495. The number of carboxylic acid groups (broad SMARTS) is 3. The predicted molar refractivity (Wildman–Crippen MR) is 127 cm³/mol. The highest BCUT2D eigenvalue weighted by atomic mass is 16.4. The highest BCUT2D eigenvalue weighted by molar-refractivity contribution is 5.70. The van der Waals surface area contributed by atoms with E-state index in [9.17, 15) is 29.7 Å². The van der Waals surface area contributed by atoms with Gasteiger partial charge in [-0.1, -0.05) is 64.7 Å². The second-order valence-corrected chi connectivity index (χ2v) is 9.87. The second-order valence-electron chi connectivity index (χ2n) is 9.87. The third-order valence-electron chi connectivity index (χ3n) is 6.48. The third kappa shape index (κ3) is 13.7. The van der Waals surface area contributed by atoms with Crippen LogP contribution in [0.5, 0.6) is 0 Å². The molecule has 188 valence electrons. The number of hydrogen-bond donors (Lipinski definition) is 3. The molecule has 0 fully saturated rings. The van der Waals surface area contributed by atoms with Gasteiger partial charge in [0.1, 0.15) is 17.8 Å². The van der Waals surface area contributed by atoms with E-state index in [4.69, 9.17) is 0 Å². The number of quaternary nitrogens is 1. The Hall–Kier alpha value is -1.63. The lowest BCUT2D eigenvalue weighted by Crippen LogP contribution is -2.57. The average Bonchev–Trinajstić information content (AvgIpc) is 2.71. The first-order valence-electron chi connectivity index (χ1n) is 12.6. The van der Waals surface area contributed by atoms with Crippen LogP contribution in [-0.4, -0.2) is 63.9 Å². The van der Waals surface area contributed by atoms with Crippen LogP contribution in [0.2, 0.25) is 0 Å². The maximum absolute atomic E-state index is 11.5. The molecule has 0 aliphatic heterocycles. The van der Waals surface area contributed by atoms with Crippen molar-refractivity contribution >= 4 is 17.9 Å². The molecular formula is C25H48NO6+. The molecule has 3 N–H and O–H groups in total. The highest BCUT2D eigenvalue weighted by Gasteiger charge is 2.38. The fourth-order valence-corrected chi connectivity index (χ4v) is 4.59. The van der Waals surface area contributed by atoms with E-state index < -0.39 is 35.7 Å². The van der Waals surface area contributed by atoms with Crippen molar-refractivity contribution in [3.8, 4) is 0 Å². The van der Waals surface area contributed by atoms with Crippen molar-refractivity contribution in [2.75, 3.05) is 26.2 Å². The van der Waals surface area contributed by atoms with Gasteiger partial charge in [0.2, 0.25) is 0 Å². The Kier molecular flexibility index (Phi) is 16.1. The smallest absolute Gasteiger partial charge is 0.311 e. The first-order chi connectivity index (χ1) is 15.0. The second kappa shape index (κ2) is 16.9. The summed E-state index contributed by atoms with van der Waals surface area (Å²) in [6.07, 6.45) is 13.2. The van der Waals surface area contributed by atoms with Gasteiger partial charge in [0.15, 0.2) is 0 Å². The molecule has 0 radical (unpaired) electrons. The van der Waals surface area contributed by atoms with Gasteiger partial charge in [-0.15, -0.1) is 0 Å². The van der Waals surface area contributed by atoms with Crippen molar-refractivity contribution in [1.82, 2.24) is 0 Å². The summed E-state index contributed by atoms with van der Waals surface area (Å²) >= 11 is 0. The number of unbranched alkanes of at least 4 members (excludes halogenated alkanes) is 10. The Morgan fingerprint density at radius 2 is 0.844 bits per heavy atom. The first-order valence-corrected chi connectivity index (χ1v) is 12.6. The minimum Gasteiger partial charge on any atom is -0.481 e. The number of aliphatic carboxylic acids is 3. The minimum atomic E-state index is -0.933. The van der Waals surface area contributed by atoms with Crippen molar-refractivity contribution in [3.63, 3.8) is 0 Å². The van der Waals surface area contributed by atoms with Crippen LogP contribution in [0.25, 0.3) is 0 Å². The van der Waals surface area contributed by atoms with E-state index in [0.717, 1.165) is 19.3 Å². The molecule has 3 atom stereocenters. The lowest BCUT2D eigenvalue weighted by molar-refractivity contribution is -0.934. The summed E-state index contributed by atoms with van der Waals surface area (Å²) in [4.78, 5) is 34.6. The van der Waals surface area contributed by atoms with Gasteiger partial charge in [0.05, 0.1) is 26.2 Å². The topological polar surface area (TPSA) is 112 Å². The molecule has 0 aromatic rings. The van der Waals surface area contributed by atoms with E-state index in [1.165, 1.54) is 51.4 Å². The Morgan fingerprint density at radius 1 is 0.562 bits per heavy atom. The third-order valence-corrected chi connectivity index (χ3v) is 6.48. The molecule has 0 aromatic carbocycles. The fraction of sp³-hybridized carbons (Fsp3) is 0.880. The zero-order valence-corrected chi connectivity index (χ0v) is 20.9. The summed E-state index contributed by atoms with van der Waals surface area (Å²) in [7, 11) is 0. The van der Waals surface area contributed by atoms with Crippen molar-refractivity contribution in [2.24, 2.45) is 17.8 Å². The number of rotatable bonds is 21. The van der Waals surface area contributed by atoms with E-state index in [1.807, 2.05) is 0 Å². The van der Waals surface area contributed by atoms with Crippen molar-refractivity contribution in [3.05, 3.63) is 0 Å². The monoisotopic (exact) mass is 458 g/mol. The quantitative estimate of drug-likeness (QED) is 0.159. The number of carbonyl (C=O) groups is 3. The molecule has 0 heterocycles. The largest absolute Gasteiger partial charge is 0.481 e. The summed E-state index contributed by atoms with van der Waals surface area (Å²) in [6.45, 7) is 8.45. The van der Waals surface area contributed by atoms with Crippen LogP contribution in [0.1, 0.15) is 98.3 Å². The molecule has 0 aromatic heterocycles. The molecule has 0 aliphatic rings. The van der Waals surface area contributed by atoms with E-state index in [-0.39, 0.29) is 24.1 Å². The van der Waals surface area contributed by atoms with E-state index in [2.05, 4.69) is 6.92 Å². The predicted octanol–water partition coefficient (Wildman–Crippen LogP) is 5.28. The van der Waals surface area contributed by atoms with E-state index in [0.29, 0.717) is 6.54 Å². The molecule has 0 saturated heterocycles. The molecule has 0 saturated carbocycles. The van der Waals surface area contributed by atoms with Gasteiger partial charge in [-0.2, -0.15) is 0 Å². The van der Waals surface area contributed by atoms with Gasteiger partial charge in [0, 0.05) is 0 Å². The van der Waals surface area contributed by atoms with Gasteiger partial charge in [-0.05, 0) is 33.6 Å². The standard InChI is InChI=1S/C25H47NO6/c1-5-6-7-8-9-10-11-12-13-14-15-16-26(17-20(2)23(27)28,18-21(3)24(29)30)19-22(4)25(31)32/h20-22H,5-19H2,1-4H3,(H2-,27,28,29,30,31,32)/p+1. The van der Waals surface area contributed by atoms with Crippen LogP contribution in [-0.2, 0) is 14.4 Å². The molecule has 0 rings (SSSR count). The van der Waals surface area contributed by atoms with Gasteiger partial charge in [-0.25, -0.2) is 0 Å². The molecule has 32 heavy (non-hydrogen) atoms. The summed E-state index contributed by atoms with van der Waals surface area (Å²) in [5.41, 5.74) is 0. The maximum atomic E-state index is 11.5. The van der Waals surface area contributed by atoms with Gasteiger partial charge in [0.25, 0.3) is 0 Å². The molecule has 7 nitrogen and oxygen atoms in total. The lowest BCUT2D eigenvalue weighted by atomic mass is 10.00. The van der Waals surface area contributed by atoms with E-state index >= 15 is 0 Å². The molecule has 0 bridgehead atoms. The van der Waals surface area contributed by atoms with Crippen LogP contribution in [0.15, 0.2) is 0 Å². The number of nitrogens with zero attached hydrogens (tertiary/aromatic N) is 1. The molecule has 0 amide bonds.